The van der Waals surface area contributed by atoms with Crippen molar-refractivity contribution < 1.29 is 10.2 Å². The smallest absolute Gasteiger partial charge is 0.0702 e. The Morgan fingerprint density at radius 3 is 2.88 bits per heavy atom. The Bertz CT molecular complexity index is 370. The average molecular weight is 286 g/mol. The van der Waals surface area contributed by atoms with E-state index >= 15 is 0 Å². The van der Waals surface area contributed by atoms with E-state index in [1.807, 2.05) is 18.2 Å². The fourth-order valence-electron chi connectivity index (χ4n) is 2.30. The lowest BCUT2D eigenvalue weighted by Crippen LogP contribution is -2.32. The number of anilines is 1. The van der Waals surface area contributed by atoms with Crippen molar-refractivity contribution in [3.05, 3.63) is 28.2 Å². The molecule has 1 aliphatic heterocycles. The van der Waals surface area contributed by atoms with Crippen LogP contribution in [0, 0.1) is 0 Å². The number of benzene rings is 1. The Balaban J connectivity index is 2.31. The zero-order chi connectivity index (χ0) is 11.5. The van der Waals surface area contributed by atoms with Crippen LogP contribution in [0.2, 0.25) is 0 Å². The van der Waals surface area contributed by atoms with E-state index in [2.05, 4.69) is 20.8 Å². The molecule has 0 aromatic heterocycles. The summed E-state index contributed by atoms with van der Waals surface area (Å²) in [7, 11) is 0. The van der Waals surface area contributed by atoms with Gasteiger partial charge in [0, 0.05) is 22.3 Å². The second kappa shape index (κ2) is 5.17. The lowest BCUT2D eigenvalue weighted by atomic mass is 10.1. The molecule has 2 N–H and O–H groups in total. The van der Waals surface area contributed by atoms with E-state index in [1.165, 1.54) is 0 Å². The van der Waals surface area contributed by atoms with Crippen molar-refractivity contribution in [1.29, 1.82) is 0 Å². The maximum atomic E-state index is 9.35. The largest absolute Gasteiger partial charge is 0.394 e. The van der Waals surface area contributed by atoms with Crippen LogP contribution in [0.1, 0.15) is 18.4 Å². The van der Waals surface area contributed by atoms with Crippen LogP contribution < -0.4 is 4.90 Å². The minimum absolute atomic E-state index is 0.0312. The average Bonchev–Trinajstić information content (AvgIpc) is 2.76. The molecule has 88 valence electrons. The molecule has 1 unspecified atom stereocenters. The van der Waals surface area contributed by atoms with Gasteiger partial charge in [0.1, 0.15) is 0 Å². The molecule has 1 aromatic carbocycles. The number of aliphatic hydroxyl groups excluding tert-OH is 2. The normalized spacial score (nSPS) is 20.4. The molecule has 1 heterocycles. The van der Waals surface area contributed by atoms with E-state index in [9.17, 15) is 10.2 Å². The van der Waals surface area contributed by atoms with E-state index < -0.39 is 0 Å². The Labute approximate surface area is 104 Å². The van der Waals surface area contributed by atoms with Crippen molar-refractivity contribution in [2.24, 2.45) is 0 Å². The maximum absolute atomic E-state index is 9.35. The molecule has 0 spiro atoms. The molecule has 1 aromatic rings. The number of hydrogen-bond acceptors (Lipinski definition) is 3. The van der Waals surface area contributed by atoms with E-state index in [4.69, 9.17) is 0 Å². The van der Waals surface area contributed by atoms with Crippen LogP contribution in [0.15, 0.2) is 22.7 Å². The van der Waals surface area contributed by atoms with E-state index in [0.29, 0.717) is 0 Å². The molecule has 0 bridgehead atoms. The second-order valence-corrected chi connectivity index (χ2v) is 5.02. The van der Waals surface area contributed by atoms with Crippen molar-refractivity contribution in [2.45, 2.75) is 25.5 Å². The number of nitrogens with zero attached hydrogens (tertiary/aromatic N) is 1. The highest BCUT2D eigenvalue weighted by atomic mass is 79.9. The maximum Gasteiger partial charge on any atom is 0.0702 e. The quantitative estimate of drug-likeness (QED) is 0.892. The first-order valence-corrected chi connectivity index (χ1v) is 6.32. The summed E-state index contributed by atoms with van der Waals surface area (Å²) in [6.07, 6.45) is 2.13. The molecule has 1 fully saturated rings. The summed E-state index contributed by atoms with van der Waals surface area (Å²) >= 11 is 3.40. The summed E-state index contributed by atoms with van der Waals surface area (Å²) in [5.74, 6) is 0. The van der Waals surface area contributed by atoms with Gasteiger partial charge < -0.3 is 15.1 Å². The van der Waals surface area contributed by atoms with Gasteiger partial charge in [-0.05, 0) is 31.0 Å². The van der Waals surface area contributed by atoms with Crippen LogP contribution in [0.25, 0.3) is 0 Å². The van der Waals surface area contributed by atoms with Gasteiger partial charge >= 0.3 is 0 Å². The molecular weight excluding hydrogens is 270 g/mol. The third kappa shape index (κ3) is 2.24. The van der Waals surface area contributed by atoms with Crippen LogP contribution >= 0.6 is 15.9 Å². The van der Waals surface area contributed by atoms with Gasteiger partial charge in [-0.15, -0.1) is 0 Å². The van der Waals surface area contributed by atoms with Crippen molar-refractivity contribution >= 4 is 21.6 Å². The topological polar surface area (TPSA) is 43.7 Å². The van der Waals surface area contributed by atoms with Gasteiger partial charge in [-0.1, -0.05) is 15.9 Å². The van der Waals surface area contributed by atoms with E-state index in [0.717, 1.165) is 35.1 Å². The number of halogens is 1. The lowest BCUT2D eigenvalue weighted by Gasteiger charge is -2.27. The molecule has 2 rings (SSSR count). The Hall–Kier alpha value is -0.580. The molecule has 1 atom stereocenters. The van der Waals surface area contributed by atoms with E-state index in [-0.39, 0.29) is 19.3 Å². The van der Waals surface area contributed by atoms with Crippen molar-refractivity contribution in [3.63, 3.8) is 0 Å². The molecule has 1 saturated heterocycles. The molecule has 0 radical (unpaired) electrons. The Morgan fingerprint density at radius 2 is 2.19 bits per heavy atom. The lowest BCUT2D eigenvalue weighted by molar-refractivity contribution is 0.264. The first kappa shape index (κ1) is 11.9. The Kier molecular flexibility index (Phi) is 3.84. The summed E-state index contributed by atoms with van der Waals surface area (Å²) in [6.45, 7) is 1.17. The van der Waals surface area contributed by atoms with Crippen molar-refractivity contribution in [2.75, 3.05) is 18.1 Å². The molecular formula is C12H16BrNO2. The summed E-state index contributed by atoms with van der Waals surface area (Å²) < 4.78 is 0.972. The molecule has 3 nitrogen and oxygen atoms in total. The number of rotatable bonds is 3. The molecule has 0 amide bonds. The van der Waals surface area contributed by atoms with Crippen molar-refractivity contribution in [3.8, 4) is 0 Å². The van der Waals surface area contributed by atoms with E-state index in [1.54, 1.807) is 0 Å². The monoisotopic (exact) mass is 285 g/mol. The zero-order valence-electron chi connectivity index (χ0n) is 9.06. The predicted octanol–water partition coefficient (Wildman–Crippen LogP) is 1.90. The molecule has 4 heteroatoms. The van der Waals surface area contributed by atoms with Gasteiger partial charge in [0.25, 0.3) is 0 Å². The highest BCUT2D eigenvalue weighted by molar-refractivity contribution is 9.10. The number of aliphatic hydroxyl groups is 2. The standard InChI is InChI=1S/C12H16BrNO2/c13-10-3-4-12(9(6-10)7-15)14-5-1-2-11(14)8-16/h3-4,6,11,15-16H,1-2,5,7-8H2. The fraction of sp³-hybridized carbons (Fsp3) is 0.500. The van der Waals surface area contributed by atoms with Gasteiger partial charge in [-0.25, -0.2) is 0 Å². The van der Waals surface area contributed by atoms with Crippen LogP contribution in [0.3, 0.4) is 0 Å². The summed E-state index contributed by atoms with van der Waals surface area (Å²) in [6, 6.07) is 6.11. The highest BCUT2D eigenvalue weighted by Gasteiger charge is 2.25. The molecule has 16 heavy (non-hydrogen) atoms. The fourth-order valence-corrected chi connectivity index (χ4v) is 2.71. The third-order valence-corrected chi connectivity index (χ3v) is 3.60. The van der Waals surface area contributed by atoms with Crippen LogP contribution in [0.4, 0.5) is 5.69 Å². The van der Waals surface area contributed by atoms with Gasteiger partial charge in [0.2, 0.25) is 0 Å². The molecule has 0 saturated carbocycles. The van der Waals surface area contributed by atoms with Gasteiger partial charge in [0.15, 0.2) is 0 Å². The zero-order valence-corrected chi connectivity index (χ0v) is 10.7. The second-order valence-electron chi connectivity index (χ2n) is 4.10. The Morgan fingerprint density at radius 1 is 1.38 bits per heavy atom. The SMILES string of the molecule is OCc1cc(Br)ccc1N1CCCC1CO. The van der Waals surface area contributed by atoms with Crippen LogP contribution in [0.5, 0.6) is 0 Å². The summed E-state index contributed by atoms with van der Waals surface area (Å²) in [4.78, 5) is 2.19. The van der Waals surface area contributed by atoms with Gasteiger partial charge in [0.05, 0.1) is 19.3 Å². The molecule has 0 aliphatic carbocycles. The molecule has 1 aliphatic rings. The van der Waals surface area contributed by atoms with Gasteiger partial charge in [-0.2, -0.15) is 0 Å². The summed E-state index contributed by atoms with van der Waals surface area (Å²) in [5, 5.41) is 18.7. The minimum Gasteiger partial charge on any atom is -0.394 e. The van der Waals surface area contributed by atoms with Crippen LogP contribution in [-0.2, 0) is 6.61 Å². The minimum atomic E-state index is 0.0312. The third-order valence-electron chi connectivity index (χ3n) is 3.11. The van der Waals surface area contributed by atoms with Crippen LogP contribution in [-0.4, -0.2) is 29.4 Å². The van der Waals surface area contributed by atoms with Gasteiger partial charge in [-0.3, -0.25) is 0 Å². The summed E-state index contributed by atoms with van der Waals surface area (Å²) in [5.41, 5.74) is 1.96. The highest BCUT2D eigenvalue weighted by Crippen LogP contribution is 2.30. The van der Waals surface area contributed by atoms with Crippen molar-refractivity contribution in [1.82, 2.24) is 0 Å². The first-order valence-electron chi connectivity index (χ1n) is 5.53. The number of hydrogen-bond donors (Lipinski definition) is 2. The first-order chi connectivity index (χ1) is 7.76. The predicted molar refractivity (Wildman–Crippen MR) is 67.5 cm³/mol.